The van der Waals surface area contributed by atoms with Gasteiger partial charge in [0.15, 0.2) is 0 Å². The van der Waals surface area contributed by atoms with Crippen molar-refractivity contribution in [1.82, 2.24) is 0 Å². The number of rotatable bonds is 9. The average molecular weight is 250 g/mol. The van der Waals surface area contributed by atoms with Gasteiger partial charge in [-0.1, -0.05) is 26.0 Å². The molecule has 0 rings (SSSR count). The molecule has 0 saturated heterocycles. The Morgan fingerprint density at radius 2 is 1.62 bits per heavy atom. The summed E-state index contributed by atoms with van der Waals surface area (Å²) >= 11 is 0. The van der Waals surface area contributed by atoms with Crippen molar-refractivity contribution in [2.24, 2.45) is 5.92 Å². The monoisotopic (exact) mass is 250 g/mol. The first-order valence-corrected chi connectivity index (χ1v) is 7.18. The zero-order valence-corrected chi connectivity index (χ0v) is 11.5. The lowest BCUT2D eigenvalue weighted by molar-refractivity contribution is 0.131. The summed E-state index contributed by atoms with van der Waals surface area (Å²) in [5.41, 5.74) is 0. The average Bonchev–Trinajstić information content (AvgIpc) is 2.17. The van der Waals surface area contributed by atoms with E-state index in [1.165, 1.54) is 0 Å². The fourth-order valence-electron chi connectivity index (χ4n) is 0.999. The topological polar surface area (TPSA) is 44.8 Å². The molecule has 0 aliphatic carbocycles. The van der Waals surface area contributed by atoms with Gasteiger partial charge in [-0.15, -0.1) is 0 Å². The van der Waals surface area contributed by atoms with Gasteiger partial charge in [0.25, 0.3) is 0 Å². The molecule has 16 heavy (non-hydrogen) atoms. The molecular weight excluding hydrogens is 227 g/mol. The van der Waals surface area contributed by atoms with E-state index in [1.807, 2.05) is 12.2 Å². The zero-order valence-electron chi connectivity index (χ0n) is 10.6. The van der Waals surface area contributed by atoms with Crippen LogP contribution in [0.15, 0.2) is 12.2 Å². The van der Waals surface area contributed by atoms with Gasteiger partial charge in [0.05, 0.1) is 19.8 Å². The van der Waals surface area contributed by atoms with Crippen LogP contribution in [0.2, 0.25) is 0 Å². The molecule has 0 aliphatic rings. The van der Waals surface area contributed by atoms with Gasteiger partial charge < -0.3 is 0 Å². The number of allylic oxidation sites excluding steroid dienone is 1. The smallest absolute Gasteiger partial charge is 0.287 e. The second-order valence-corrected chi connectivity index (χ2v) is 5.35. The second-order valence-electron chi connectivity index (χ2n) is 3.68. The van der Waals surface area contributed by atoms with Crippen molar-refractivity contribution >= 4 is 7.82 Å². The standard InChI is InChI=1S/C11H23O4P/c1-5-13-16(12,14-6-2)15-10-8-7-9-11(3)4/h7-8,11H,5-6,9-10H2,1-4H3/b8-7-. The summed E-state index contributed by atoms with van der Waals surface area (Å²) in [5, 5.41) is 0. The maximum absolute atomic E-state index is 11.8. The van der Waals surface area contributed by atoms with Crippen molar-refractivity contribution in [3.05, 3.63) is 12.2 Å². The predicted octanol–water partition coefficient (Wildman–Crippen LogP) is 3.79. The van der Waals surface area contributed by atoms with Gasteiger partial charge in [-0.05, 0) is 26.2 Å². The minimum atomic E-state index is -3.33. The molecule has 0 saturated carbocycles. The Morgan fingerprint density at radius 1 is 1.06 bits per heavy atom. The minimum Gasteiger partial charge on any atom is -0.287 e. The third-order valence-corrected chi connectivity index (χ3v) is 3.29. The Kier molecular flexibility index (Phi) is 8.86. The Morgan fingerprint density at radius 3 is 2.06 bits per heavy atom. The molecule has 0 aromatic heterocycles. The molecule has 5 heteroatoms. The molecule has 0 atom stereocenters. The van der Waals surface area contributed by atoms with Crippen LogP contribution in [0.4, 0.5) is 0 Å². The number of hydrogen-bond acceptors (Lipinski definition) is 4. The molecule has 4 nitrogen and oxygen atoms in total. The van der Waals surface area contributed by atoms with Crippen LogP contribution in [-0.4, -0.2) is 19.8 Å². The van der Waals surface area contributed by atoms with Crippen molar-refractivity contribution in [3.63, 3.8) is 0 Å². The Labute approximate surface area is 98.6 Å². The van der Waals surface area contributed by atoms with E-state index in [-0.39, 0.29) is 6.61 Å². The molecule has 0 spiro atoms. The van der Waals surface area contributed by atoms with Crippen LogP contribution in [0.1, 0.15) is 34.1 Å². The molecule has 0 amide bonds. The lowest BCUT2D eigenvalue weighted by Crippen LogP contribution is -2.00. The van der Waals surface area contributed by atoms with Crippen molar-refractivity contribution in [2.75, 3.05) is 19.8 Å². The van der Waals surface area contributed by atoms with Gasteiger partial charge in [0, 0.05) is 0 Å². The fourth-order valence-corrected chi connectivity index (χ4v) is 2.12. The highest BCUT2D eigenvalue weighted by molar-refractivity contribution is 7.48. The summed E-state index contributed by atoms with van der Waals surface area (Å²) in [7, 11) is -3.33. The predicted molar refractivity (Wildman–Crippen MR) is 65.4 cm³/mol. The van der Waals surface area contributed by atoms with E-state index in [4.69, 9.17) is 13.6 Å². The molecule has 0 bridgehead atoms. The largest absolute Gasteiger partial charge is 0.475 e. The maximum atomic E-state index is 11.8. The number of phosphoric acid groups is 1. The number of phosphoric ester groups is 1. The van der Waals surface area contributed by atoms with Crippen molar-refractivity contribution in [3.8, 4) is 0 Å². The quantitative estimate of drug-likeness (QED) is 0.461. The van der Waals surface area contributed by atoms with Crippen molar-refractivity contribution < 1.29 is 18.1 Å². The Hall–Kier alpha value is -0.150. The molecule has 0 radical (unpaired) electrons. The molecule has 0 aromatic rings. The first-order chi connectivity index (χ1) is 7.54. The van der Waals surface area contributed by atoms with E-state index in [0.29, 0.717) is 19.1 Å². The van der Waals surface area contributed by atoms with E-state index in [0.717, 1.165) is 6.42 Å². The SMILES string of the molecule is CCOP(=O)(OCC)OC/C=C\CC(C)C. The fraction of sp³-hybridized carbons (Fsp3) is 0.818. The van der Waals surface area contributed by atoms with Gasteiger partial charge >= 0.3 is 7.82 Å². The van der Waals surface area contributed by atoms with Gasteiger partial charge in [0.1, 0.15) is 0 Å². The normalized spacial score (nSPS) is 12.8. The van der Waals surface area contributed by atoms with E-state index >= 15 is 0 Å². The highest BCUT2D eigenvalue weighted by atomic mass is 31.2. The first kappa shape index (κ1) is 15.9. The summed E-state index contributed by atoms with van der Waals surface area (Å²) in [4.78, 5) is 0. The zero-order chi connectivity index (χ0) is 12.4. The highest BCUT2D eigenvalue weighted by Crippen LogP contribution is 2.48. The molecular formula is C11H23O4P. The summed E-state index contributed by atoms with van der Waals surface area (Å²) in [6, 6.07) is 0. The first-order valence-electron chi connectivity index (χ1n) is 5.72. The van der Waals surface area contributed by atoms with Crippen LogP contribution in [0.3, 0.4) is 0 Å². The molecule has 0 aromatic carbocycles. The van der Waals surface area contributed by atoms with Gasteiger partial charge in [-0.25, -0.2) is 4.57 Å². The summed E-state index contributed by atoms with van der Waals surface area (Å²) in [5.74, 6) is 0.613. The van der Waals surface area contributed by atoms with Crippen LogP contribution in [0, 0.1) is 5.92 Å². The summed E-state index contributed by atoms with van der Waals surface area (Å²) in [6.07, 6.45) is 4.83. The van der Waals surface area contributed by atoms with Crippen LogP contribution in [0.25, 0.3) is 0 Å². The third kappa shape index (κ3) is 8.05. The second kappa shape index (κ2) is 8.94. The maximum Gasteiger partial charge on any atom is 0.475 e. The van der Waals surface area contributed by atoms with Gasteiger partial charge in [0.2, 0.25) is 0 Å². The Balaban J connectivity index is 3.93. The molecule has 0 N–H and O–H groups in total. The third-order valence-electron chi connectivity index (χ3n) is 1.68. The summed E-state index contributed by atoms with van der Waals surface area (Å²) < 4.78 is 26.9. The lowest BCUT2D eigenvalue weighted by Gasteiger charge is -2.15. The van der Waals surface area contributed by atoms with Crippen molar-refractivity contribution in [2.45, 2.75) is 34.1 Å². The van der Waals surface area contributed by atoms with Crippen LogP contribution in [0.5, 0.6) is 0 Å². The highest BCUT2D eigenvalue weighted by Gasteiger charge is 2.24. The van der Waals surface area contributed by atoms with Crippen LogP contribution < -0.4 is 0 Å². The van der Waals surface area contributed by atoms with Crippen molar-refractivity contribution in [1.29, 1.82) is 0 Å². The minimum absolute atomic E-state index is 0.254. The lowest BCUT2D eigenvalue weighted by atomic mass is 10.1. The summed E-state index contributed by atoms with van der Waals surface area (Å²) in [6.45, 7) is 8.66. The van der Waals surface area contributed by atoms with Gasteiger partial charge in [-0.2, -0.15) is 0 Å². The molecule has 0 aliphatic heterocycles. The van der Waals surface area contributed by atoms with E-state index < -0.39 is 7.82 Å². The molecule has 0 heterocycles. The van der Waals surface area contributed by atoms with Crippen LogP contribution in [-0.2, 0) is 18.1 Å². The molecule has 0 fully saturated rings. The molecule has 96 valence electrons. The van der Waals surface area contributed by atoms with E-state index in [1.54, 1.807) is 13.8 Å². The van der Waals surface area contributed by atoms with Crippen LogP contribution >= 0.6 is 7.82 Å². The van der Waals surface area contributed by atoms with E-state index in [2.05, 4.69) is 13.8 Å². The van der Waals surface area contributed by atoms with Gasteiger partial charge in [-0.3, -0.25) is 13.6 Å². The number of hydrogen-bond donors (Lipinski definition) is 0. The molecule has 0 unspecified atom stereocenters. The van der Waals surface area contributed by atoms with E-state index in [9.17, 15) is 4.57 Å². The Bertz CT molecular complexity index is 228.